The number of rotatable bonds is 9. The van der Waals surface area contributed by atoms with Gasteiger partial charge in [0.15, 0.2) is 5.82 Å². The van der Waals surface area contributed by atoms with E-state index in [4.69, 9.17) is 19.4 Å². The van der Waals surface area contributed by atoms with Gasteiger partial charge in [0.25, 0.3) is 0 Å². The van der Waals surface area contributed by atoms with Gasteiger partial charge in [-0.25, -0.2) is 29.9 Å². The van der Waals surface area contributed by atoms with Crippen LogP contribution in [0.5, 0.6) is 0 Å². The minimum absolute atomic E-state index is 0.00255. The summed E-state index contributed by atoms with van der Waals surface area (Å²) >= 11 is 0. The number of anilines is 4. The number of alkyl halides is 6. The summed E-state index contributed by atoms with van der Waals surface area (Å²) in [6, 6.07) is 9.74. The molecule has 9 rings (SSSR count). The molecule has 0 spiro atoms. The predicted octanol–water partition coefficient (Wildman–Crippen LogP) is 8.81. The Balaban J connectivity index is 0.000000192. The molecular formula is C46H56F6N12O3. The second-order valence-electron chi connectivity index (χ2n) is 16.8. The lowest BCUT2D eigenvalue weighted by molar-refractivity contribution is -0.138. The molecule has 15 nitrogen and oxygen atoms in total. The second kappa shape index (κ2) is 21.4. The highest BCUT2D eigenvalue weighted by Crippen LogP contribution is 2.36. The van der Waals surface area contributed by atoms with E-state index >= 15 is 0 Å². The first-order chi connectivity index (χ1) is 32.1. The highest BCUT2D eigenvalue weighted by atomic mass is 19.4. The van der Waals surface area contributed by atoms with Crippen LogP contribution in [0.2, 0.25) is 0 Å². The van der Waals surface area contributed by atoms with Crippen LogP contribution in [0.1, 0.15) is 105 Å². The molecule has 360 valence electrons. The summed E-state index contributed by atoms with van der Waals surface area (Å²) < 4.78 is 91.1. The van der Waals surface area contributed by atoms with Crippen molar-refractivity contribution in [3.63, 3.8) is 0 Å². The standard InChI is InChI=1S/C22H24F3N7O.C22H26F3N5O2.C2H6/c1-13-9-18(31(3)30-13)21-27-17(15-5-4-8-32(12-15)14(2)33)11-20(29-21)28-19-10-16(6-7-26-19)22(23,24)25;23-22(24,25)16-1-5-26-19(9-16)28-20-10-18(27-21(29-20)15-4-8-31-11-15)14-2-6-30(7-3-14)17-12-32-13-17;1-2/h6-7,9-11,15H,4-5,8,12H2,1-3H3,(H,26,27,28,29);1,5,9-10,14-15,17H,2-4,6-8,11-13H2,(H,26,27,28,29);1-2H3. The van der Waals surface area contributed by atoms with E-state index in [0.29, 0.717) is 67.0 Å². The van der Waals surface area contributed by atoms with Crippen LogP contribution in [0, 0.1) is 6.92 Å². The summed E-state index contributed by atoms with van der Waals surface area (Å²) in [5.41, 5.74) is 1.55. The number of hydrogen-bond donors (Lipinski definition) is 2. The van der Waals surface area contributed by atoms with Crippen LogP contribution < -0.4 is 10.6 Å². The van der Waals surface area contributed by atoms with E-state index in [9.17, 15) is 31.1 Å². The second-order valence-corrected chi connectivity index (χ2v) is 16.8. The Bertz CT molecular complexity index is 2450. The molecule has 0 bridgehead atoms. The van der Waals surface area contributed by atoms with Gasteiger partial charge >= 0.3 is 12.4 Å². The topological polar surface area (TPSA) is 161 Å². The molecular weight excluding hydrogens is 883 g/mol. The zero-order chi connectivity index (χ0) is 47.9. The molecule has 0 aliphatic carbocycles. The number of amides is 1. The van der Waals surface area contributed by atoms with E-state index in [2.05, 4.69) is 40.6 Å². The van der Waals surface area contributed by atoms with Crippen LogP contribution in [0.15, 0.2) is 54.9 Å². The van der Waals surface area contributed by atoms with Gasteiger partial charge in [0.1, 0.15) is 34.8 Å². The number of carbonyl (C=O) groups is 1. The minimum Gasteiger partial charge on any atom is -0.381 e. The van der Waals surface area contributed by atoms with Gasteiger partial charge in [-0.3, -0.25) is 14.4 Å². The number of piperidine rings is 2. The molecule has 2 atom stereocenters. The number of ether oxygens (including phenoxy) is 2. The molecule has 0 saturated carbocycles. The summed E-state index contributed by atoms with van der Waals surface area (Å²) in [4.78, 5) is 43.0. The minimum atomic E-state index is -4.48. The van der Waals surface area contributed by atoms with Crippen LogP contribution in [0.25, 0.3) is 11.5 Å². The highest BCUT2D eigenvalue weighted by Gasteiger charge is 2.34. The van der Waals surface area contributed by atoms with Gasteiger partial charge in [-0.05, 0) is 82.4 Å². The van der Waals surface area contributed by atoms with Gasteiger partial charge in [0.2, 0.25) is 5.91 Å². The van der Waals surface area contributed by atoms with E-state index in [1.165, 1.54) is 0 Å². The number of nitrogens with one attached hydrogen (secondary N) is 2. The van der Waals surface area contributed by atoms with E-state index in [0.717, 1.165) is 106 Å². The molecule has 0 radical (unpaired) electrons. The molecule has 4 aliphatic heterocycles. The van der Waals surface area contributed by atoms with Crippen molar-refractivity contribution in [3.05, 3.63) is 88.9 Å². The molecule has 4 saturated heterocycles. The quantitative estimate of drug-likeness (QED) is 0.135. The largest absolute Gasteiger partial charge is 0.416 e. The fourth-order valence-electron chi connectivity index (χ4n) is 8.46. The molecule has 0 aromatic carbocycles. The van der Waals surface area contributed by atoms with E-state index in [-0.39, 0.29) is 35.3 Å². The van der Waals surface area contributed by atoms with Crippen LogP contribution >= 0.6 is 0 Å². The first-order valence-electron chi connectivity index (χ1n) is 22.6. The smallest absolute Gasteiger partial charge is 0.381 e. The summed E-state index contributed by atoms with van der Waals surface area (Å²) in [6.07, 6.45) is -2.18. The number of pyridine rings is 2. The summed E-state index contributed by atoms with van der Waals surface area (Å²) in [6.45, 7) is 13.4. The lowest BCUT2D eigenvalue weighted by Gasteiger charge is -2.41. The summed E-state index contributed by atoms with van der Waals surface area (Å²) in [7, 11) is 1.78. The fraction of sp³-hybridized carbons (Fsp3) is 0.522. The molecule has 9 heterocycles. The Morgan fingerprint density at radius 3 is 1.84 bits per heavy atom. The molecule has 2 unspecified atom stereocenters. The molecule has 4 aliphatic rings. The van der Waals surface area contributed by atoms with Gasteiger partial charge in [-0.1, -0.05) is 13.8 Å². The van der Waals surface area contributed by atoms with E-state index in [1.54, 1.807) is 29.6 Å². The van der Waals surface area contributed by atoms with Crippen molar-refractivity contribution in [1.82, 2.24) is 49.5 Å². The van der Waals surface area contributed by atoms with Crippen molar-refractivity contribution in [2.75, 3.05) is 63.2 Å². The summed E-state index contributed by atoms with van der Waals surface area (Å²) in [5, 5.41) is 10.2. The first kappa shape index (κ1) is 49.1. The predicted molar refractivity (Wildman–Crippen MR) is 238 cm³/mol. The lowest BCUT2D eigenvalue weighted by Crippen LogP contribution is -2.51. The van der Waals surface area contributed by atoms with Gasteiger partial charge in [0, 0.05) is 81.6 Å². The fourth-order valence-corrected chi connectivity index (χ4v) is 8.46. The third-order valence-corrected chi connectivity index (χ3v) is 12.1. The van der Waals surface area contributed by atoms with Crippen molar-refractivity contribution < 1.29 is 40.6 Å². The Hall–Kier alpha value is -5.80. The van der Waals surface area contributed by atoms with E-state index < -0.39 is 23.5 Å². The maximum absolute atomic E-state index is 13.1. The van der Waals surface area contributed by atoms with Crippen LogP contribution in [-0.4, -0.2) is 114 Å². The van der Waals surface area contributed by atoms with Crippen molar-refractivity contribution in [2.24, 2.45) is 7.05 Å². The first-order valence-corrected chi connectivity index (χ1v) is 22.6. The number of hydrogen-bond acceptors (Lipinski definition) is 13. The lowest BCUT2D eigenvalue weighted by atomic mass is 9.91. The Morgan fingerprint density at radius 1 is 0.701 bits per heavy atom. The number of aryl methyl sites for hydroxylation is 2. The Morgan fingerprint density at radius 2 is 1.31 bits per heavy atom. The Labute approximate surface area is 385 Å². The van der Waals surface area contributed by atoms with Crippen molar-refractivity contribution in [3.8, 4) is 11.5 Å². The monoisotopic (exact) mass is 938 g/mol. The average Bonchev–Trinajstić information content (AvgIpc) is 3.96. The average molecular weight is 939 g/mol. The van der Waals surface area contributed by atoms with Crippen LogP contribution in [0.3, 0.4) is 0 Å². The molecule has 67 heavy (non-hydrogen) atoms. The number of likely N-dealkylation sites (tertiary alicyclic amines) is 2. The van der Waals surface area contributed by atoms with Crippen LogP contribution in [-0.2, 0) is 33.7 Å². The SMILES string of the molecule is CC.CC(=O)N1CCCC(c2cc(Nc3cc(C(F)(F)F)ccn3)nc(-c3cc(C)nn3C)n2)C1.FC(F)(F)c1ccnc(Nc2cc(C3CCN(C4COC4)CC3)nc(C3CCOC3)n2)c1. The van der Waals surface area contributed by atoms with E-state index in [1.807, 2.05) is 32.9 Å². The Kier molecular flexibility index (Phi) is 15.7. The molecule has 4 fully saturated rings. The molecule has 21 heteroatoms. The molecule has 5 aromatic rings. The number of aromatic nitrogens is 8. The van der Waals surface area contributed by atoms with Gasteiger partial charge in [-0.2, -0.15) is 31.4 Å². The number of halogens is 6. The van der Waals surface area contributed by atoms with Gasteiger partial charge in [0.05, 0.1) is 48.4 Å². The normalized spacial score (nSPS) is 19.4. The third kappa shape index (κ3) is 12.6. The number of nitrogens with zero attached hydrogens (tertiary/aromatic N) is 10. The molecule has 1 amide bonds. The maximum Gasteiger partial charge on any atom is 0.416 e. The van der Waals surface area contributed by atoms with Gasteiger partial charge < -0.3 is 25.0 Å². The maximum atomic E-state index is 13.1. The van der Waals surface area contributed by atoms with Gasteiger partial charge in [-0.15, -0.1) is 0 Å². The van der Waals surface area contributed by atoms with Crippen molar-refractivity contribution >= 4 is 29.2 Å². The van der Waals surface area contributed by atoms with Crippen molar-refractivity contribution in [1.29, 1.82) is 0 Å². The highest BCUT2D eigenvalue weighted by molar-refractivity contribution is 5.73. The summed E-state index contributed by atoms with van der Waals surface area (Å²) in [5.74, 6) is 2.36. The molecule has 2 N–H and O–H groups in total. The zero-order valence-electron chi connectivity index (χ0n) is 38.2. The third-order valence-electron chi connectivity index (χ3n) is 12.1. The van der Waals surface area contributed by atoms with Crippen molar-refractivity contribution in [2.45, 2.75) is 95.9 Å². The zero-order valence-corrected chi connectivity index (χ0v) is 38.2. The molecule has 5 aromatic heterocycles. The van der Waals surface area contributed by atoms with Crippen LogP contribution in [0.4, 0.5) is 49.6 Å². The number of carbonyl (C=O) groups excluding carboxylic acids is 1.